The van der Waals surface area contributed by atoms with Gasteiger partial charge < -0.3 is 29.5 Å². The van der Waals surface area contributed by atoms with Crippen LogP contribution in [0.2, 0.25) is 0 Å². The molecule has 2 amide bonds. The first-order valence-corrected chi connectivity index (χ1v) is 9.43. The van der Waals surface area contributed by atoms with Gasteiger partial charge in [-0.25, -0.2) is 9.59 Å². The minimum absolute atomic E-state index is 0.0914. The Morgan fingerprint density at radius 1 is 1.17 bits per heavy atom. The SMILES string of the molecule is CC(C)(C)OC(=O)N[C@H]1CCN(C(=O)OCc2ccccc2)[C@@H]1CC(=O)OCO. The molecule has 9 heteroatoms. The van der Waals surface area contributed by atoms with Crippen LogP contribution in [0, 0.1) is 0 Å². The van der Waals surface area contributed by atoms with Gasteiger partial charge in [-0.2, -0.15) is 0 Å². The molecule has 2 atom stereocenters. The number of carbonyl (C=O) groups excluding carboxylic acids is 3. The van der Waals surface area contributed by atoms with Crippen LogP contribution in [0.3, 0.4) is 0 Å². The lowest BCUT2D eigenvalue weighted by atomic mass is 10.1. The van der Waals surface area contributed by atoms with E-state index in [1.54, 1.807) is 20.8 Å². The number of hydrogen-bond acceptors (Lipinski definition) is 7. The van der Waals surface area contributed by atoms with Gasteiger partial charge in [-0.3, -0.25) is 4.79 Å². The molecule has 1 heterocycles. The maximum Gasteiger partial charge on any atom is 0.410 e. The van der Waals surface area contributed by atoms with Gasteiger partial charge in [-0.05, 0) is 32.8 Å². The Morgan fingerprint density at radius 3 is 2.48 bits per heavy atom. The molecular formula is C20H28N2O7. The van der Waals surface area contributed by atoms with Crippen molar-refractivity contribution < 1.29 is 33.7 Å². The number of aliphatic hydroxyl groups is 1. The zero-order chi connectivity index (χ0) is 21.4. The number of benzene rings is 1. The lowest BCUT2D eigenvalue weighted by Gasteiger charge is -2.28. The molecule has 0 saturated carbocycles. The summed E-state index contributed by atoms with van der Waals surface area (Å²) in [5.74, 6) is -0.684. The minimum atomic E-state index is -0.756. The average Bonchev–Trinajstić information content (AvgIpc) is 3.01. The number of nitrogens with one attached hydrogen (secondary N) is 1. The molecule has 1 fully saturated rings. The molecular weight excluding hydrogens is 380 g/mol. The van der Waals surface area contributed by atoms with Gasteiger partial charge in [0.1, 0.15) is 12.2 Å². The first kappa shape index (κ1) is 22.5. The Balaban J connectivity index is 2.03. The van der Waals surface area contributed by atoms with Crippen LogP contribution >= 0.6 is 0 Å². The summed E-state index contributed by atoms with van der Waals surface area (Å²) >= 11 is 0. The topological polar surface area (TPSA) is 114 Å². The largest absolute Gasteiger partial charge is 0.445 e. The van der Waals surface area contributed by atoms with E-state index >= 15 is 0 Å². The monoisotopic (exact) mass is 408 g/mol. The smallest absolute Gasteiger partial charge is 0.410 e. The summed E-state index contributed by atoms with van der Waals surface area (Å²) in [5.41, 5.74) is 0.155. The fourth-order valence-electron chi connectivity index (χ4n) is 3.06. The molecule has 160 valence electrons. The van der Waals surface area contributed by atoms with Crippen LogP contribution in [-0.4, -0.2) is 59.2 Å². The van der Waals surface area contributed by atoms with Crippen LogP contribution in [0.1, 0.15) is 39.2 Å². The Hall–Kier alpha value is -2.81. The van der Waals surface area contributed by atoms with Crippen LogP contribution in [0.4, 0.5) is 9.59 Å². The third-order valence-corrected chi connectivity index (χ3v) is 4.29. The zero-order valence-corrected chi connectivity index (χ0v) is 16.9. The molecule has 0 radical (unpaired) electrons. The van der Waals surface area contributed by atoms with Crippen molar-refractivity contribution in [3.8, 4) is 0 Å². The van der Waals surface area contributed by atoms with E-state index in [9.17, 15) is 14.4 Å². The zero-order valence-electron chi connectivity index (χ0n) is 16.9. The highest BCUT2D eigenvalue weighted by atomic mass is 16.6. The highest BCUT2D eigenvalue weighted by Gasteiger charge is 2.41. The van der Waals surface area contributed by atoms with Crippen LogP contribution < -0.4 is 5.32 Å². The second-order valence-corrected chi connectivity index (χ2v) is 7.69. The lowest BCUT2D eigenvalue weighted by Crippen LogP contribution is -2.49. The number of ether oxygens (including phenoxy) is 3. The average molecular weight is 408 g/mol. The number of hydrogen-bond donors (Lipinski definition) is 2. The van der Waals surface area contributed by atoms with E-state index in [0.717, 1.165) is 5.56 Å². The van der Waals surface area contributed by atoms with Gasteiger partial charge in [0.2, 0.25) is 0 Å². The molecule has 29 heavy (non-hydrogen) atoms. The second-order valence-electron chi connectivity index (χ2n) is 7.69. The van der Waals surface area contributed by atoms with Crippen molar-refractivity contribution in [3.05, 3.63) is 35.9 Å². The molecule has 2 N–H and O–H groups in total. The third-order valence-electron chi connectivity index (χ3n) is 4.29. The predicted molar refractivity (Wildman–Crippen MR) is 103 cm³/mol. The summed E-state index contributed by atoms with van der Waals surface area (Å²) in [4.78, 5) is 38.0. The van der Waals surface area contributed by atoms with Crippen LogP contribution in [-0.2, 0) is 25.6 Å². The molecule has 0 unspecified atom stereocenters. The van der Waals surface area contributed by atoms with E-state index in [-0.39, 0.29) is 13.0 Å². The summed E-state index contributed by atoms with van der Waals surface area (Å²) in [5, 5.41) is 11.5. The second kappa shape index (κ2) is 10.1. The summed E-state index contributed by atoms with van der Waals surface area (Å²) in [7, 11) is 0. The summed E-state index contributed by atoms with van der Waals surface area (Å²) in [6, 6.07) is 8.02. The van der Waals surface area contributed by atoms with Gasteiger partial charge in [-0.15, -0.1) is 0 Å². The van der Waals surface area contributed by atoms with Crippen molar-refractivity contribution in [2.45, 2.75) is 57.9 Å². The van der Waals surface area contributed by atoms with Crippen LogP contribution in [0.15, 0.2) is 30.3 Å². The summed E-state index contributed by atoms with van der Waals surface area (Å²) < 4.78 is 15.2. The Bertz CT molecular complexity index is 703. The molecule has 0 bridgehead atoms. The normalized spacial score (nSPS) is 18.8. The number of rotatable bonds is 6. The molecule has 0 spiro atoms. The van der Waals surface area contributed by atoms with Crippen molar-refractivity contribution in [1.29, 1.82) is 0 Å². The van der Waals surface area contributed by atoms with Gasteiger partial charge in [0.15, 0.2) is 6.79 Å². The van der Waals surface area contributed by atoms with Crippen molar-refractivity contribution in [1.82, 2.24) is 10.2 Å². The van der Waals surface area contributed by atoms with Crippen LogP contribution in [0.25, 0.3) is 0 Å². The molecule has 1 aromatic rings. The summed E-state index contributed by atoms with van der Waals surface area (Å²) in [6.45, 7) is 4.85. The Labute approximate surface area is 169 Å². The third kappa shape index (κ3) is 7.26. The lowest BCUT2D eigenvalue weighted by molar-refractivity contribution is -0.153. The van der Waals surface area contributed by atoms with Crippen molar-refractivity contribution >= 4 is 18.2 Å². The number of carbonyl (C=O) groups is 3. The van der Waals surface area contributed by atoms with E-state index < -0.39 is 42.6 Å². The molecule has 2 rings (SSSR count). The molecule has 1 aliphatic rings. The van der Waals surface area contributed by atoms with Crippen molar-refractivity contribution in [2.75, 3.05) is 13.3 Å². The summed E-state index contributed by atoms with van der Waals surface area (Å²) in [6.07, 6.45) is -0.996. The van der Waals surface area contributed by atoms with Gasteiger partial charge in [-0.1, -0.05) is 30.3 Å². The number of alkyl carbamates (subject to hydrolysis) is 1. The van der Waals surface area contributed by atoms with E-state index in [2.05, 4.69) is 10.1 Å². The fraction of sp³-hybridized carbons (Fsp3) is 0.550. The van der Waals surface area contributed by atoms with E-state index in [0.29, 0.717) is 13.0 Å². The standard InChI is InChI=1S/C20H28N2O7/c1-20(2,3)29-18(25)21-15-9-10-22(16(15)11-17(24)28-13-23)19(26)27-12-14-7-5-4-6-8-14/h4-8,15-16,23H,9-13H2,1-3H3,(H,21,25)/t15-,16+/m0/s1. The van der Waals surface area contributed by atoms with Gasteiger partial charge in [0.25, 0.3) is 0 Å². The number of nitrogens with zero attached hydrogens (tertiary/aromatic N) is 1. The quantitative estimate of drug-likeness (QED) is 0.421. The highest BCUT2D eigenvalue weighted by molar-refractivity contribution is 5.74. The van der Waals surface area contributed by atoms with E-state index in [4.69, 9.17) is 14.6 Å². The maximum atomic E-state index is 12.6. The Kier molecular flexibility index (Phi) is 7.83. The fourth-order valence-corrected chi connectivity index (χ4v) is 3.06. The maximum absolute atomic E-state index is 12.6. The minimum Gasteiger partial charge on any atom is -0.445 e. The van der Waals surface area contributed by atoms with Crippen molar-refractivity contribution in [2.24, 2.45) is 0 Å². The number of likely N-dealkylation sites (tertiary alicyclic amines) is 1. The molecule has 0 aromatic heterocycles. The Morgan fingerprint density at radius 2 is 1.86 bits per heavy atom. The van der Waals surface area contributed by atoms with Gasteiger partial charge in [0.05, 0.1) is 18.5 Å². The van der Waals surface area contributed by atoms with Crippen molar-refractivity contribution in [3.63, 3.8) is 0 Å². The van der Waals surface area contributed by atoms with Gasteiger partial charge in [0, 0.05) is 6.54 Å². The molecule has 1 aliphatic heterocycles. The molecule has 0 aliphatic carbocycles. The predicted octanol–water partition coefficient (Wildman–Crippen LogP) is 2.17. The number of esters is 1. The first-order valence-electron chi connectivity index (χ1n) is 9.43. The first-order chi connectivity index (χ1) is 13.7. The number of amides is 2. The van der Waals surface area contributed by atoms with Crippen LogP contribution in [0.5, 0.6) is 0 Å². The molecule has 1 saturated heterocycles. The highest BCUT2D eigenvalue weighted by Crippen LogP contribution is 2.23. The molecule has 9 nitrogen and oxygen atoms in total. The molecule has 1 aromatic carbocycles. The van der Waals surface area contributed by atoms with Gasteiger partial charge >= 0.3 is 18.2 Å². The van der Waals surface area contributed by atoms with E-state index in [1.165, 1.54) is 4.90 Å². The van der Waals surface area contributed by atoms with E-state index in [1.807, 2.05) is 30.3 Å². The number of aliphatic hydroxyl groups excluding tert-OH is 1.